The average molecular weight is 288 g/mol. The summed E-state index contributed by atoms with van der Waals surface area (Å²) in [7, 11) is 0. The SMILES string of the molecule is CCC1CCC(CN)C(N2CCCOc3ccccc32)C1. The smallest absolute Gasteiger partial charge is 0.142 e. The quantitative estimate of drug-likeness (QED) is 0.926. The van der Waals surface area contributed by atoms with Crippen molar-refractivity contribution in [3.05, 3.63) is 24.3 Å². The van der Waals surface area contributed by atoms with Crippen molar-refractivity contribution in [2.24, 2.45) is 17.6 Å². The predicted octanol–water partition coefficient (Wildman–Crippen LogP) is 3.43. The summed E-state index contributed by atoms with van der Waals surface area (Å²) in [6.07, 6.45) is 6.30. The molecule has 116 valence electrons. The lowest BCUT2D eigenvalue weighted by atomic mass is 9.76. The predicted molar refractivity (Wildman–Crippen MR) is 87.9 cm³/mol. The van der Waals surface area contributed by atoms with Crippen molar-refractivity contribution in [2.75, 3.05) is 24.6 Å². The van der Waals surface area contributed by atoms with E-state index in [0.717, 1.165) is 37.8 Å². The van der Waals surface area contributed by atoms with Crippen LogP contribution in [0.2, 0.25) is 0 Å². The van der Waals surface area contributed by atoms with E-state index in [1.54, 1.807) is 0 Å². The van der Waals surface area contributed by atoms with Crippen molar-refractivity contribution in [1.29, 1.82) is 0 Å². The molecular formula is C18H28N2O. The van der Waals surface area contributed by atoms with Gasteiger partial charge >= 0.3 is 0 Å². The van der Waals surface area contributed by atoms with Crippen LogP contribution in [0.25, 0.3) is 0 Å². The number of hydrogen-bond acceptors (Lipinski definition) is 3. The highest BCUT2D eigenvalue weighted by molar-refractivity contribution is 5.59. The first-order chi connectivity index (χ1) is 10.3. The number of fused-ring (bicyclic) bond motifs is 1. The van der Waals surface area contributed by atoms with E-state index in [4.69, 9.17) is 10.5 Å². The van der Waals surface area contributed by atoms with Crippen LogP contribution >= 0.6 is 0 Å². The first-order valence-electron chi connectivity index (χ1n) is 8.52. The molecule has 3 atom stereocenters. The summed E-state index contributed by atoms with van der Waals surface area (Å²) in [4.78, 5) is 2.60. The van der Waals surface area contributed by atoms with E-state index in [-0.39, 0.29) is 0 Å². The van der Waals surface area contributed by atoms with Gasteiger partial charge in [-0.3, -0.25) is 0 Å². The van der Waals surface area contributed by atoms with Crippen molar-refractivity contribution >= 4 is 5.69 Å². The van der Waals surface area contributed by atoms with Crippen molar-refractivity contribution in [3.63, 3.8) is 0 Å². The van der Waals surface area contributed by atoms with Crippen LogP contribution in [-0.4, -0.2) is 25.7 Å². The lowest BCUT2D eigenvalue weighted by Crippen LogP contribution is -2.47. The van der Waals surface area contributed by atoms with E-state index < -0.39 is 0 Å². The largest absolute Gasteiger partial charge is 0.491 e. The zero-order valence-electron chi connectivity index (χ0n) is 13.1. The summed E-state index contributed by atoms with van der Waals surface area (Å²) in [5, 5.41) is 0. The Morgan fingerprint density at radius 3 is 2.95 bits per heavy atom. The standard InChI is InChI=1S/C18H28N2O/c1-2-14-8-9-15(13-19)17(12-14)20-10-5-11-21-18-7-4-3-6-16(18)20/h3-4,6-7,14-15,17H,2,5,8-13,19H2,1H3. The molecule has 3 heteroatoms. The molecule has 1 aromatic rings. The van der Waals surface area contributed by atoms with Gasteiger partial charge in [0.05, 0.1) is 12.3 Å². The number of para-hydroxylation sites is 2. The van der Waals surface area contributed by atoms with E-state index in [9.17, 15) is 0 Å². The van der Waals surface area contributed by atoms with Crippen LogP contribution in [0.15, 0.2) is 24.3 Å². The molecule has 1 aliphatic carbocycles. The van der Waals surface area contributed by atoms with Crippen LogP contribution < -0.4 is 15.4 Å². The molecule has 1 saturated carbocycles. The van der Waals surface area contributed by atoms with Crippen LogP contribution in [0.3, 0.4) is 0 Å². The Labute approximate surface area is 128 Å². The third-order valence-electron chi connectivity index (χ3n) is 5.32. The Hall–Kier alpha value is -1.22. The zero-order valence-corrected chi connectivity index (χ0v) is 13.1. The first kappa shape index (κ1) is 14.7. The Morgan fingerprint density at radius 2 is 2.14 bits per heavy atom. The number of benzene rings is 1. The minimum absolute atomic E-state index is 0.580. The second-order valence-electron chi connectivity index (χ2n) is 6.51. The first-order valence-corrected chi connectivity index (χ1v) is 8.52. The lowest BCUT2D eigenvalue weighted by Gasteiger charge is -2.43. The van der Waals surface area contributed by atoms with Crippen LogP contribution in [0.4, 0.5) is 5.69 Å². The van der Waals surface area contributed by atoms with Gasteiger partial charge in [0.1, 0.15) is 5.75 Å². The van der Waals surface area contributed by atoms with Crippen molar-refractivity contribution in [3.8, 4) is 5.75 Å². The maximum absolute atomic E-state index is 6.09. The summed E-state index contributed by atoms with van der Waals surface area (Å²) in [6, 6.07) is 9.09. The molecule has 3 unspecified atom stereocenters. The van der Waals surface area contributed by atoms with Crippen LogP contribution in [0.5, 0.6) is 5.75 Å². The van der Waals surface area contributed by atoms with Crippen molar-refractivity contribution in [2.45, 2.75) is 45.1 Å². The third-order valence-corrected chi connectivity index (χ3v) is 5.32. The monoisotopic (exact) mass is 288 g/mol. The summed E-state index contributed by atoms with van der Waals surface area (Å²) in [6.45, 7) is 5.05. The van der Waals surface area contributed by atoms with Gasteiger partial charge in [-0.25, -0.2) is 0 Å². The van der Waals surface area contributed by atoms with E-state index in [1.165, 1.54) is 31.4 Å². The molecule has 0 saturated heterocycles. The molecule has 2 N–H and O–H groups in total. The number of nitrogens with zero attached hydrogens (tertiary/aromatic N) is 1. The molecule has 0 aromatic heterocycles. The summed E-state index contributed by atoms with van der Waals surface area (Å²) >= 11 is 0. The van der Waals surface area contributed by atoms with E-state index in [1.807, 2.05) is 0 Å². The second kappa shape index (κ2) is 6.69. The number of rotatable bonds is 3. The van der Waals surface area contributed by atoms with Gasteiger partial charge < -0.3 is 15.4 Å². The zero-order chi connectivity index (χ0) is 14.7. The Kier molecular flexibility index (Phi) is 4.69. The van der Waals surface area contributed by atoms with Gasteiger partial charge in [-0.2, -0.15) is 0 Å². The third kappa shape index (κ3) is 3.03. The molecule has 3 nitrogen and oxygen atoms in total. The molecule has 1 heterocycles. The van der Waals surface area contributed by atoms with Crippen LogP contribution in [0.1, 0.15) is 39.0 Å². The van der Waals surface area contributed by atoms with Crippen molar-refractivity contribution in [1.82, 2.24) is 0 Å². The Morgan fingerprint density at radius 1 is 1.29 bits per heavy atom. The van der Waals surface area contributed by atoms with Gasteiger partial charge in [0.2, 0.25) is 0 Å². The minimum atomic E-state index is 0.580. The maximum Gasteiger partial charge on any atom is 0.142 e. The fourth-order valence-corrected chi connectivity index (χ4v) is 4.02. The molecule has 0 amide bonds. The van der Waals surface area contributed by atoms with Crippen LogP contribution in [-0.2, 0) is 0 Å². The number of anilines is 1. The number of ether oxygens (including phenoxy) is 1. The number of hydrogen-bond donors (Lipinski definition) is 1. The molecule has 2 aliphatic rings. The highest BCUT2D eigenvalue weighted by atomic mass is 16.5. The van der Waals surface area contributed by atoms with Crippen LogP contribution in [0, 0.1) is 11.8 Å². The minimum Gasteiger partial charge on any atom is -0.491 e. The van der Waals surface area contributed by atoms with Gasteiger partial charge in [0.15, 0.2) is 0 Å². The average Bonchev–Trinajstić information content (AvgIpc) is 2.76. The summed E-state index contributed by atoms with van der Waals surface area (Å²) < 4.78 is 5.92. The molecule has 21 heavy (non-hydrogen) atoms. The highest BCUT2D eigenvalue weighted by Crippen LogP contribution is 2.39. The van der Waals surface area contributed by atoms with Gasteiger partial charge in [-0.15, -0.1) is 0 Å². The topological polar surface area (TPSA) is 38.5 Å². The molecule has 0 spiro atoms. The second-order valence-corrected chi connectivity index (χ2v) is 6.51. The molecule has 1 fully saturated rings. The molecule has 0 bridgehead atoms. The van der Waals surface area contributed by atoms with Gasteiger partial charge in [-0.05, 0) is 56.2 Å². The molecule has 0 radical (unpaired) electrons. The molecule has 1 aliphatic heterocycles. The normalized spacial score (nSPS) is 29.4. The van der Waals surface area contributed by atoms with E-state index in [0.29, 0.717) is 12.0 Å². The van der Waals surface area contributed by atoms with E-state index in [2.05, 4.69) is 36.1 Å². The fraction of sp³-hybridized carbons (Fsp3) is 0.667. The van der Waals surface area contributed by atoms with Crippen molar-refractivity contribution < 1.29 is 4.74 Å². The maximum atomic E-state index is 6.09. The molecule has 3 rings (SSSR count). The number of nitrogens with two attached hydrogens (primary N) is 1. The molecule has 1 aromatic carbocycles. The highest BCUT2D eigenvalue weighted by Gasteiger charge is 2.34. The Balaban J connectivity index is 1.89. The van der Waals surface area contributed by atoms with Gasteiger partial charge in [0.25, 0.3) is 0 Å². The Bertz CT molecular complexity index is 462. The summed E-state index contributed by atoms with van der Waals surface area (Å²) in [5.41, 5.74) is 7.36. The van der Waals surface area contributed by atoms with E-state index >= 15 is 0 Å². The molecular weight excluding hydrogens is 260 g/mol. The fourth-order valence-electron chi connectivity index (χ4n) is 4.02. The van der Waals surface area contributed by atoms with Gasteiger partial charge in [-0.1, -0.05) is 25.5 Å². The van der Waals surface area contributed by atoms with Gasteiger partial charge in [0, 0.05) is 12.6 Å². The lowest BCUT2D eigenvalue weighted by molar-refractivity contribution is 0.227. The summed E-state index contributed by atoms with van der Waals surface area (Å²) in [5.74, 6) is 2.53.